The van der Waals surface area contributed by atoms with Crippen molar-refractivity contribution in [1.29, 1.82) is 0 Å². The summed E-state index contributed by atoms with van der Waals surface area (Å²) < 4.78 is 9.93. The van der Waals surface area contributed by atoms with Gasteiger partial charge in [0, 0.05) is 6.04 Å². The SMILES string of the molecule is CC(N)COC1NNC(C(=O)O)O1. The van der Waals surface area contributed by atoms with Crippen LogP contribution in [0.3, 0.4) is 0 Å². The van der Waals surface area contributed by atoms with E-state index in [0.29, 0.717) is 6.61 Å². The molecule has 1 saturated heterocycles. The molecule has 3 atom stereocenters. The number of nitrogens with two attached hydrogens (primary N) is 1. The monoisotopic (exact) mass is 191 g/mol. The van der Waals surface area contributed by atoms with Gasteiger partial charge in [-0.05, 0) is 6.92 Å². The minimum Gasteiger partial charge on any atom is -0.478 e. The fourth-order valence-electron chi connectivity index (χ4n) is 0.775. The summed E-state index contributed by atoms with van der Waals surface area (Å²) in [6, 6.07) is -0.116. The van der Waals surface area contributed by atoms with E-state index in [1.54, 1.807) is 6.92 Å². The lowest BCUT2D eigenvalue weighted by Gasteiger charge is -2.12. The number of carboxylic acid groups (broad SMARTS) is 1. The van der Waals surface area contributed by atoms with Gasteiger partial charge in [0.2, 0.25) is 12.6 Å². The molecule has 0 aliphatic carbocycles. The number of hydrogen-bond acceptors (Lipinski definition) is 6. The van der Waals surface area contributed by atoms with Gasteiger partial charge in [0.05, 0.1) is 6.61 Å². The lowest BCUT2D eigenvalue weighted by molar-refractivity contribution is -0.172. The van der Waals surface area contributed by atoms with Crippen molar-refractivity contribution in [3.63, 3.8) is 0 Å². The highest BCUT2D eigenvalue weighted by Crippen LogP contribution is 2.02. The summed E-state index contributed by atoms with van der Waals surface area (Å²) in [5, 5.41) is 8.50. The first-order valence-electron chi connectivity index (χ1n) is 3.86. The van der Waals surface area contributed by atoms with Crippen LogP contribution in [0.1, 0.15) is 6.92 Å². The summed E-state index contributed by atoms with van der Waals surface area (Å²) in [6.07, 6.45) is -1.83. The Hall–Kier alpha value is -0.730. The number of ether oxygens (including phenoxy) is 2. The van der Waals surface area contributed by atoms with Gasteiger partial charge < -0.3 is 20.3 Å². The quantitative estimate of drug-likeness (QED) is 0.414. The van der Waals surface area contributed by atoms with Crippen LogP contribution in [-0.4, -0.2) is 36.4 Å². The van der Waals surface area contributed by atoms with Crippen LogP contribution in [0.5, 0.6) is 0 Å². The van der Waals surface area contributed by atoms with E-state index in [9.17, 15) is 4.79 Å². The third-order valence-electron chi connectivity index (χ3n) is 1.33. The summed E-state index contributed by atoms with van der Waals surface area (Å²) in [7, 11) is 0. The molecular formula is C6H13N3O4. The summed E-state index contributed by atoms with van der Waals surface area (Å²) in [5.74, 6) is -1.10. The van der Waals surface area contributed by atoms with Gasteiger partial charge in [0.1, 0.15) is 0 Å². The van der Waals surface area contributed by atoms with Crippen LogP contribution >= 0.6 is 0 Å². The van der Waals surface area contributed by atoms with Gasteiger partial charge in [-0.15, -0.1) is 0 Å². The van der Waals surface area contributed by atoms with E-state index in [2.05, 4.69) is 10.9 Å². The van der Waals surface area contributed by atoms with E-state index >= 15 is 0 Å². The van der Waals surface area contributed by atoms with Crippen LogP contribution in [-0.2, 0) is 14.3 Å². The normalized spacial score (nSPS) is 30.3. The van der Waals surface area contributed by atoms with Crippen molar-refractivity contribution < 1.29 is 19.4 Å². The molecule has 0 bridgehead atoms. The Balaban J connectivity index is 2.21. The van der Waals surface area contributed by atoms with Gasteiger partial charge in [-0.3, -0.25) is 0 Å². The molecule has 3 unspecified atom stereocenters. The first-order chi connectivity index (χ1) is 6.09. The van der Waals surface area contributed by atoms with Crippen LogP contribution in [0, 0.1) is 0 Å². The zero-order valence-electron chi connectivity index (χ0n) is 7.19. The minimum absolute atomic E-state index is 0.116. The highest BCUT2D eigenvalue weighted by Gasteiger charge is 2.29. The van der Waals surface area contributed by atoms with E-state index in [1.165, 1.54) is 0 Å². The summed E-state index contributed by atoms with van der Waals surface area (Å²) >= 11 is 0. The Morgan fingerprint density at radius 3 is 2.92 bits per heavy atom. The number of nitrogens with one attached hydrogen (secondary N) is 2. The molecule has 0 aromatic rings. The fraction of sp³-hybridized carbons (Fsp3) is 0.833. The number of hydrazine groups is 1. The molecule has 0 aromatic carbocycles. The second-order valence-corrected chi connectivity index (χ2v) is 2.79. The van der Waals surface area contributed by atoms with Gasteiger partial charge in [-0.1, -0.05) is 0 Å². The van der Waals surface area contributed by atoms with E-state index in [-0.39, 0.29) is 6.04 Å². The molecule has 1 rings (SSSR count). The largest absolute Gasteiger partial charge is 0.478 e. The fourth-order valence-corrected chi connectivity index (χ4v) is 0.775. The van der Waals surface area contributed by atoms with E-state index in [4.69, 9.17) is 20.3 Å². The molecule has 0 radical (unpaired) electrons. The van der Waals surface area contributed by atoms with Crippen LogP contribution in [0.15, 0.2) is 0 Å². The smallest absolute Gasteiger partial charge is 0.349 e. The van der Waals surface area contributed by atoms with E-state index in [0.717, 1.165) is 0 Å². The zero-order chi connectivity index (χ0) is 9.84. The maximum absolute atomic E-state index is 10.4. The molecule has 1 fully saturated rings. The lowest BCUT2D eigenvalue weighted by atomic mass is 10.4. The van der Waals surface area contributed by atoms with E-state index in [1.807, 2.05) is 0 Å². The van der Waals surface area contributed by atoms with Crippen LogP contribution < -0.4 is 16.6 Å². The molecule has 13 heavy (non-hydrogen) atoms. The first kappa shape index (κ1) is 10.4. The zero-order valence-corrected chi connectivity index (χ0v) is 7.19. The molecular weight excluding hydrogens is 178 g/mol. The van der Waals surface area contributed by atoms with Crippen LogP contribution in [0.2, 0.25) is 0 Å². The molecule has 0 aromatic heterocycles. The minimum atomic E-state index is -1.10. The average molecular weight is 191 g/mol. The third-order valence-corrected chi connectivity index (χ3v) is 1.33. The Labute approximate surface area is 75.2 Å². The van der Waals surface area contributed by atoms with Gasteiger partial charge in [0.15, 0.2) is 0 Å². The number of carboxylic acids is 1. The van der Waals surface area contributed by atoms with Gasteiger partial charge in [-0.2, -0.15) is 0 Å². The molecule has 7 heteroatoms. The van der Waals surface area contributed by atoms with Crippen molar-refractivity contribution in [1.82, 2.24) is 10.9 Å². The lowest BCUT2D eigenvalue weighted by Crippen LogP contribution is -2.38. The van der Waals surface area contributed by atoms with Crippen molar-refractivity contribution >= 4 is 5.97 Å². The average Bonchev–Trinajstić information content (AvgIpc) is 2.48. The molecule has 0 saturated carbocycles. The standard InChI is InChI=1S/C6H13N3O4/c1-3(7)2-12-6-9-8-4(13-6)5(10)11/h3-4,6,8-9H,2,7H2,1H3,(H,10,11). The third kappa shape index (κ3) is 3.25. The molecule has 0 amide bonds. The predicted molar refractivity (Wildman–Crippen MR) is 42.2 cm³/mol. The number of aliphatic carboxylic acids is 1. The van der Waals surface area contributed by atoms with Gasteiger partial charge >= 0.3 is 5.97 Å². The summed E-state index contributed by atoms with van der Waals surface area (Å²) in [6.45, 7) is 2.07. The van der Waals surface area contributed by atoms with Crippen molar-refractivity contribution in [2.45, 2.75) is 25.6 Å². The van der Waals surface area contributed by atoms with Crippen molar-refractivity contribution in [2.75, 3.05) is 6.61 Å². The topological polar surface area (TPSA) is 106 Å². The number of hydrogen-bond donors (Lipinski definition) is 4. The second-order valence-electron chi connectivity index (χ2n) is 2.79. The number of carbonyl (C=O) groups is 1. The highest BCUT2D eigenvalue weighted by atomic mass is 16.7. The Kier molecular flexibility index (Phi) is 3.58. The van der Waals surface area contributed by atoms with Crippen molar-refractivity contribution in [2.24, 2.45) is 5.73 Å². The molecule has 1 aliphatic rings. The summed E-state index contributed by atoms with van der Waals surface area (Å²) in [4.78, 5) is 10.4. The Morgan fingerprint density at radius 2 is 2.46 bits per heavy atom. The predicted octanol–water partition coefficient (Wildman–Crippen LogP) is -1.83. The highest BCUT2D eigenvalue weighted by molar-refractivity contribution is 5.71. The van der Waals surface area contributed by atoms with Crippen molar-refractivity contribution in [3.8, 4) is 0 Å². The molecule has 1 heterocycles. The maximum atomic E-state index is 10.4. The Bertz CT molecular complexity index is 187. The van der Waals surface area contributed by atoms with E-state index < -0.39 is 18.6 Å². The molecule has 5 N–H and O–H groups in total. The van der Waals surface area contributed by atoms with Crippen LogP contribution in [0.4, 0.5) is 0 Å². The molecule has 1 aliphatic heterocycles. The maximum Gasteiger partial charge on any atom is 0.349 e. The number of rotatable bonds is 4. The van der Waals surface area contributed by atoms with Gasteiger partial charge in [-0.25, -0.2) is 15.6 Å². The molecule has 7 nitrogen and oxygen atoms in total. The van der Waals surface area contributed by atoms with Crippen molar-refractivity contribution in [3.05, 3.63) is 0 Å². The summed E-state index contributed by atoms with van der Waals surface area (Å²) in [5.41, 5.74) is 10.3. The van der Waals surface area contributed by atoms with Crippen LogP contribution in [0.25, 0.3) is 0 Å². The molecule has 76 valence electrons. The van der Waals surface area contributed by atoms with Gasteiger partial charge in [0.25, 0.3) is 0 Å². The molecule has 0 spiro atoms. The second kappa shape index (κ2) is 4.49. The Morgan fingerprint density at radius 1 is 1.77 bits per heavy atom. The first-order valence-corrected chi connectivity index (χ1v) is 3.86.